The van der Waals surface area contributed by atoms with E-state index in [1.165, 1.54) is 12.1 Å². The van der Waals surface area contributed by atoms with E-state index in [0.29, 0.717) is 22.3 Å². The Balaban J connectivity index is 2.07. The molecule has 1 heterocycles. The van der Waals surface area contributed by atoms with Crippen LogP contribution in [0.5, 0.6) is 0 Å². The molecule has 0 radical (unpaired) electrons. The smallest absolute Gasteiger partial charge is 0.247 e. The number of hydrogen-bond acceptors (Lipinski definition) is 2. The van der Waals surface area contributed by atoms with Crippen molar-refractivity contribution in [3.63, 3.8) is 0 Å². The molecule has 0 aliphatic heterocycles. The van der Waals surface area contributed by atoms with Crippen LogP contribution in [0.25, 0.3) is 22.2 Å². The van der Waals surface area contributed by atoms with Gasteiger partial charge in [-0.25, -0.2) is 4.39 Å². The predicted octanol–water partition coefficient (Wildman–Crippen LogP) is 3.49. The number of carbonyl (C=O) groups excluding carboxylic acids is 1. The van der Waals surface area contributed by atoms with Crippen LogP contribution in [0.4, 0.5) is 10.1 Å². The van der Waals surface area contributed by atoms with Gasteiger partial charge in [0.25, 0.3) is 0 Å². The first-order chi connectivity index (χ1) is 10.2. The molecule has 4 nitrogen and oxygen atoms in total. The third-order valence-corrected chi connectivity index (χ3v) is 3.14. The molecule has 0 saturated heterocycles. The summed E-state index contributed by atoms with van der Waals surface area (Å²) in [5.41, 5.74) is 2.45. The highest BCUT2D eigenvalue weighted by atomic mass is 19.1. The molecule has 0 spiro atoms. The van der Waals surface area contributed by atoms with Gasteiger partial charge in [-0.2, -0.15) is 5.10 Å². The van der Waals surface area contributed by atoms with Crippen molar-refractivity contribution in [3.8, 4) is 11.3 Å². The first-order valence-corrected chi connectivity index (χ1v) is 6.35. The number of fused-ring (bicyclic) bond motifs is 1. The second-order valence-electron chi connectivity index (χ2n) is 4.51. The summed E-state index contributed by atoms with van der Waals surface area (Å²) in [7, 11) is 0. The maximum Gasteiger partial charge on any atom is 0.247 e. The number of nitrogens with zero attached hydrogens (tertiary/aromatic N) is 1. The van der Waals surface area contributed by atoms with Crippen LogP contribution in [0.1, 0.15) is 0 Å². The minimum Gasteiger partial charge on any atom is -0.323 e. The molecule has 0 aliphatic rings. The molecule has 21 heavy (non-hydrogen) atoms. The van der Waals surface area contributed by atoms with Gasteiger partial charge in [-0.15, -0.1) is 0 Å². The van der Waals surface area contributed by atoms with E-state index in [0.717, 1.165) is 5.56 Å². The number of amides is 1. The number of hydrogen-bond donors (Lipinski definition) is 2. The molecule has 5 heteroatoms. The van der Waals surface area contributed by atoms with Crippen molar-refractivity contribution in [1.82, 2.24) is 10.2 Å². The summed E-state index contributed by atoms with van der Waals surface area (Å²) in [5, 5.41) is 10.2. The van der Waals surface area contributed by atoms with Crippen LogP contribution in [-0.4, -0.2) is 16.1 Å². The van der Waals surface area contributed by atoms with Gasteiger partial charge >= 0.3 is 0 Å². The number of benzene rings is 2. The molecule has 104 valence electrons. The number of anilines is 1. The van der Waals surface area contributed by atoms with E-state index >= 15 is 0 Å². The van der Waals surface area contributed by atoms with Crippen molar-refractivity contribution >= 4 is 22.5 Å². The van der Waals surface area contributed by atoms with Crippen LogP contribution >= 0.6 is 0 Å². The lowest BCUT2D eigenvalue weighted by molar-refractivity contribution is -0.111. The van der Waals surface area contributed by atoms with Gasteiger partial charge in [-0.05, 0) is 24.3 Å². The number of aromatic amines is 1. The van der Waals surface area contributed by atoms with E-state index in [2.05, 4.69) is 22.1 Å². The number of H-pyrrole nitrogens is 1. The van der Waals surface area contributed by atoms with Crippen LogP contribution in [0.3, 0.4) is 0 Å². The second-order valence-corrected chi connectivity index (χ2v) is 4.51. The SMILES string of the molecule is C=CC(=O)Nc1cccc(-c2[nH]nc3c(F)cccc23)c1. The quantitative estimate of drug-likeness (QED) is 0.722. The number of nitrogens with one attached hydrogen (secondary N) is 2. The molecule has 0 aliphatic carbocycles. The fourth-order valence-corrected chi connectivity index (χ4v) is 2.17. The molecule has 3 rings (SSSR count). The molecule has 2 N–H and O–H groups in total. The Labute approximate surface area is 120 Å². The average molecular weight is 281 g/mol. The topological polar surface area (TPSA) is 57.8 Å². The van der Waals surface area contributed by atoms with Gasteiger partial charge in [0.2, 0.25) is 5.91 Å². The molecule has 3 aromatic rings. The highest BCUT2D eigenvalue weighted by Gasteiger charge is 2.11. The second kappa shape index (κ2) is 5.20. The lowest BCUT2D eigenvalue weighted by atomic mass is 10.1. The number of para-hydroxylation sites is 1. The zero-order valence-corrected chi connectivity index (χ0v) is 11.1. The third kappa shape index (κ3) is 2.41. The van der Waals surface area contributed by atoms with Crippen molar-refractivity contribution < 1.29 is 9.18 Å². The summed E-state index contributed by atoms with van der Waals surface area (Å²) >= 11 is 0. The maximum absolute atomic E-state index is 13.7. The molecule has 0 atom stereocenters. The van der Waals surface area contributed by atoms with Crippen molar-refractivity contribution in [2.75, 3.05) is 5.32 Å². The molecule has 1 aromatic heterocycles. The van der Waals surface area contributed by atoms with Crippen molar-refractivity contribution in [2.45, 2.75) is 0 Å². The normalized spacial score (nSPS) is 10.5. The number of rotatable bonds is 3. The van der Waals surface area contributed by atoms with Crippen molar-refractivity contribution in [2.24, 2.45) is 0 Å². The van der Waals surface area contributed by atoms with Gasteiger partial charge in [0, 0.05) is 16.6 Å². The van der Waals surface area contributed by atoms with Gasteiger partial charge in [-0.3, -0.25) is 9.89 Å². The van der Waals surface area contributed by atoms with Gasteiger partial charge in [0.05, 0.1) is 5.69 Å². The molecule has 2 aromatic carbocycles. The Morgan fingerprint density at radius 1 is 1.29 bits per heavy atom. The van der Waals surface area contributed by atoms with Gasteiger partial charge in [0.1, 0.15) is 5.52 Å². The largest absolute Gasteiger partial charge is 0.323 e. The van der Waals surface area contributed by atoms with E-state index in [1.807, 2.05) is 6.07 Å². The van der Waals surface area contributed by atoms with E-state index in [4.69, 9.17) is 0 Å². The van der Waals surface area contributed by atoms with Gasteiger partial charge < -0.3 is 5.32 Å². The highest BCUT2D eigenvalue weighted by molar-refractivity contribution is 6.00. The molecule has 0 fully saturated rings. The summed E-state index contributed by atoms with van der Waals surface area (Å²) in [4.78, 5) is 11.3. The van der Waals surface area contributed by atoms with Crippen LogP contribution in [0.15, 0.2) is 55.1 Å². The van der Waals surface area contributed by atoms with Crippen LogP contribution < -0.4 is 5.32 Å². The standard InChI is InChI=1S/C16H12FN3O/c1-2-14(21)18-11-6-3-5-10(9-11)15-12-7-4-8-13(17)16(12)20-19-15/h2-9H,1H2,(H,18,21)(H,19,20). The number of halogens is 1. The first kappa shape index (κ1) is 13.1. The lowest BCUT2D eigenvalue weighted by Gasteiger charge is -2.05. The van der Waals surface area contributed by atoms with Crippen LogP contribution in [-0.2, 0) is 4.79 Å². The third-order valence-electron chi connectivity index (χ3n) is 3.14. The minimum absolute atomic E-state index is 0.285. The Hall–Kier alpha value is -2.95. The zero-order valence-electron chi connectivity index (χ0n) is 11.1. The van der Waals surface area contributed by atoms with Crippen LogP contribution in [0.2, 0.25) is 0 Å². The summed E-state index contributed by atoms with van der Waals surface area (Å²) in [6.07, 6.45) is 1.20. The fourth-order valence-electron chi connectivity index (χ4n) is 2.17. The minimum atomic E-state index is -0.369. The van der Waals surface area contributed by atoms with Gasteiger partial charge in [-0.1, -0.05) is 30.8 Å². The Bertz CT molecular complexity index is 838. The average Bonchev–Trinajstić information content (AvgIpc) is 2.93. The van der Waals surface area contributed by atoms with Crippen molar-refractivity contribution in [1.29, 1.82) is 0 Å². The summed E-state index contributed by atoms with van der Waals surface area (Å²) in [5.74, 6) is -0.654. The molecular formula is C16H12FN3O. The van der Waals surface area contributed by atoms with E-state index in [-0.39, 0.29) is 11.7 Å². The van der Waals surface area contributed by atoms with Crippen LogP contribution in [0, 0.1) is 5.82 Å². The lowest BCUT2D eigenvalue weighted by Crippen LogP contribution is -2.06. The molecule has 0 bridgehead atoms. The zero-order chi connectivity index (χ0) is 14.8. The number of aromatic nitrogens is 2. The Morgan fingerprint density at radius 3 is 2.90 bits per heavy atom. The Kier molecular flexibility index (Phi) is 3.23. The fraction of sp³-hybridized carbons (Fsp3) is 0. The van der Waals surface area contributed by atoms with E-state index < -0.39 is 0 Å². The molecule has 0 saturated carbocycles. The molecule has 0 unspecified atom stereocenters. The molecule has 1 amide bonds. The van der Waals surface area contributed by atoms with E-state index in [9.17, 15) is 9.18 Å². The first-order valence-electron chi connectivity index (χ1n) is 6.35. The maximum atomic E-state index is 13.7. The summed E-state index contributed by atoms with van der Waals surface area (Å²) < 4.78 is 13.7. The summed E-state index contributed by atoms with van der Waals surface area (Å²) in [6.45, 7) is 3.41. The predicted molar refractivity (Wildman–Crippen MR) is 80.3 cm³/mol. The monoisotopic (exact) mass is 281 g/mol. The van der Waals surface area contributed by atoms with Gasteiger partial charge in [0.15, 0.2) is 5.82 Å². The molecular weight excluding hydrogens is 269 g/mol. The van der Waals surface area contributed by atoms with E-state index in [1.54, 1.807) is 30.3 Å². The number of carbonyl (C=O) groups is 1. The van der Waals surface area contributed by atoms with Crippen molar-refractivity contribution in [3.05, 3.63) is 60.9 Å². The Morgan fingerprint density at radius 2 is 2.10 bits per heavy atom. The summed E-state index contributed by atoms with van der Waals surface area (Å²) in [6, 6.07) is 12.0. The highest BCUT2D eigenvalue weighted by Crippen LogP contribution is 2.28.